The van der Waals surface area contributed by atoms with Gasteiger partial charge >= 0.3 is 11.9 Å². The Kier molecular flexibility index (Phi) is 11.0. The van der Waals surface area contributed by atoms with Crippen LogP contribution in [0.25, 0.3) is 0 Å². The lowest BCUT2D eigenvalue weighted by atomic mass is 10.0. The number of hydrogen-bond acceptors (Lipinski definition) is 7. The summed E-state index contributed by atoms with van der Waals surface area (Å²) in [5.41, 5.74) is 12.0. The molecule has 1 fully saturated rings. The first-order valence-corrected chi connectivity index (χ1v) is 11.9. The molecule has 13 heteroatoms. The van der Waals surface area contributed by atoms with Crippen LogP contribution in [0.15, 0.2) is 30.3 Å². The first kappa shape index (κ1) is 29.2. The molecule has 0 aliphatic carbocycles. The molecule has 0 bridgehead atoms. The Morgan fingerprint density at radius 3 is 2.16 bits per heavy atom. The van der Waals surface area contributed by atoms with Crippen molar-refractivity contribution in [1.82, 2.24) is 15.5 Å². The predicted molar refractivity (Wildman–Crippen MR) is 130 cm³/mol. The van der Waals surface area contributed by atoms with Crippen LogP contribution in [0, 0.1) is 0 Å². The van der Waals surface area contributed by atoms with Crippen LogP contribution in [0.3, 0.4) is 0 Å². The van der Waals surface area contributed by atoms with Crippen LogP contribution in [0.5, 0.6) is 0 Å². The quantitative estimate of drug-likeness (QED) is 0.172. The van der Waals surface area contributed by atoms with E-state index in [1.165, 1.54) is 0 Å². The molecule has 4 unspecified atom stereocenters. The largest absolute Gasteiger partial charge is 0.481 e. The molecule has 1 aliphatic heterocycles. The fourth-order valence-corrected chi connectivity index (χ4v) is 4.08. The van der Waals surface area contributed by atoms with Gasteiger partial charge in [0.1, 0.15) is 18.1 Å². The molecular weight excluding hydrogens is 486 g/mol. The highest BCUT2D eigenvalue weighted by molar-refractivity contribution is 5.94. The lowest BCUT2D eigenvalue weighted by Gasteiger charge is -2.28. The number of likely N-dealkylation sites (tertiary alicyclic amines) is 1. The summed E-state index contributed by atoms with van der Waals surface area (Å²) in [6, 6.07) is 4.17. The second-order valence-electron chi connectivity index (χ2n) is 8.88. The monoisotopic (exact) mass is 519 g/mol. The first-order valence-electron chi connectivity index (χ1n) is 11.9. The molecule has 0 spiro atoms. The Balaban J connectivity index is 2.16. The highest BCUT2D eigenvalue weighted by atomic mass is 16.4. The number of carbonyl (C=O) groups excluding carboxylic acids is 4. The average molecular weight is 520 g/mol. The van der Waals surface area contributed by atoms with E-state index in [2.05, 4.69) is 10.6 Å². The maximum Gasteiger partial charge on any atom is 0.326 e. The molecule has 1 aromatic rings. The normalized spacial score (nSPS) is 17.3. The van der Waals surface area contributed by atoms with Crippen molar-refractivity contribution in [3.05, 3.63) is 35.9 Å². The van der Waals surface area contributed by atoms with Crippen LogP contribution in [0.4, 0.5) is 0 Å². The Bertz CT molecular complexity index is 1000. The molecule has 1 aliphatic rings. The lowest BCUT2D eigenvalue weighted by Crippen LogP contribution is -2.57. The van der Waals surface area contributed by atoms with Gasteiger partial charge in [-0.1, -0.05) is 30.3 Å². The zero-order valence-electron chi connectivity index (χ0n) is 20.3. The van der Waals surface area contributed by atoms with E-state index in [1.54, 1.807) is 30.3 Å². The number of nitrogens with zero attached hydrogens (tertiary/aromatic N) is 1. The molecule has 2 rings (SSSR count). The maximum atomic E-state index is 13.1. The van der Waals surface area contributed by atoms with Gasteiger partial charge in [-0.3, -0.25) is 24.0 Å². The van der Waals surface area contributed by atoms with E-state index in [0.717, 1.165) is 10.5 Å². The molecule has 37 heavy (non-hydrogen) atoms. The third-order valence-electron chi connectivity index (χ3n) is 6.03. The van der Waals surface area contributed by atoms with Crippen molar-refractivity contribution >= 4 is 35.6 Å². The number of hydrogen-bond donors (Lipinski definition) is 6. The van der Waals surface area contributed by atoms with Gasteiger partial charge in [0.15, 0.2) is 0 Å². The number of nitrogens with one attached hydrogen (secondary N) is 2. The Morgan fingerprint density at radius 2 is 1.57 bits per heavy atom. The number of carboxylic acids is 2. The summed E-state index contributed by atoms with van der Waals surface area (Å²) in [5, 5.41) is 23.4. The Labute approximate surface area is 213 Å². The molecular formula is C24H33N5O8. The van der Waals surface area contributed by atoms with E-state index in [1.807, 2.05) is 0 Å². The van der Waals surface area contributed by atoms with Crippen molar-refractivity contribution in [1.29, 1.82) is 0 Å². The zero-order chi connectivity index (χ0) is 27.5. The van der Waals surface area contributed by atoms with E-state index in [9.17, 15) is 33.9 Å². The number of rotatable bonds is 14. The summed E-state index contributed by atoms with van der Waals surface area (Å²) in [6.07, 6.45) is -0.343. The molecule has 1 aromatic carbocycles. The maximum absolute atomic E-state index is 13.1. The molecule has 0 radical (unpaired) electrons. The third-order valence-corrected chi connectivity index (χ3v) is 6.03. The van der Waals surface area contributed by atoms with Crippen molar-refractivity contribution in [3.8, 4) is 0 Å². The van der Waals surface area contributed by atoms with Crippen molar-refractivity contribution in [3.63, 3.8) is 0 Å². The van der Waals surface area contributed by atoms with Gasteiger partial charge in [0, 0.05) is 19.4 Å². The second kappa shape index (κ2) is 13.9. The second-order valence-corrected chi connectivity index (χ2v) is 8.88. The highest BCUT2D eigenvalue weighted by Gasteiger charge is 2.38. The minimum absolute atomic E-state index is 0.159. The molecule has 202 valence electrons. The fourth-order valence-electron chi connectivity index (χ4n) is 4.08. The lowest BCUT2D eigenvalue weighted by molar-refractivity contribution is -0.149. The smallest absolute Gasteiger partial charge is 0.326 e. The standard InChI is InChI=1S/C24H33N5O8/c25-15(13-14-5-2-1-3-6-14)21(33)27-16(9-11-20(31)32)22(34)28-17(8-10-19(26)30)23(35)29-12-4-7-18(29)24(36)37/h1-3,5-6,15-18H,4,7-13,25H2,(H2,26,30)(H,27,33)(H,28,34)(H,31,32)(H,36,37). The fraction of sp³-hybridized carbons (Fsp3) is 0.500. The van der Waals surface area contributed by atoms with Crippen LogP contribution in [-0.2, 0) is 35.2 Å². The number of carboxylic acid groups (broad SMARTS) is 2. The van der Waals surface area contributed by atoms with Crippen LogP contribution in [-0.4, -0.2) is 81.4 Å². The third kappa shape index (κ3) is 9.18. The minimum Gasteiger partial charge on any atom is -0.481 e. The summed E-state index contributed by atoms with van der Waals surface area (Å²) >= 11 is 0. The average Bonchev–Trinajstić information content (AvgIpc) is 3.34. The number of amides is 4. The van der Waals surface area contributed by atoms with Crippen LogP contribution >= 0.6 is 0 Å². The summed E-state index contributed by atoms with van der Waals surface area (Å²) in [7, 11) is 0. The minimum atomic E-state index is -1.34. The van der Waals surface area contributed by atoms with Crippen LogP contribution in [0.2, 0.25) is 0 Å². The van der Waals surface area contributed by atoms with Crippen LogP contribution in [0.1, 0.15) is 44.1 Å². The number of carbonyl (C=O) groups is 6. The first-order chi connectivity index (χ1) is 17.5. The molecule has 8 N–H and O–H groups in total. The molecule has 13 nitrogen and oxygen atoms in total. The number of nitrogens with two attached hydrogens (primary N) is 2. The van der Waals surface area contributed by atoms with E-state index in [4.69, 9.17) is 16.6 Å². The van der Waals surface area contributed by atoms with Crippen molar-refractivity contribution < 1.29 is 39.0 Å². The summed E-state index contributed by atoms with van der Waals surface area (Å²) in [6.45, 7) is 0.159. The number of primary amides is 1. The molecule has 4 atom stereocenters. The van der Waals surface area contributed by atoms with Crippen molar-refractivity contribution in [2.45, 2.75) is 69.1 Å². The molecule has 0 aromatic heterocycles. The summed E-state index contributed by atoms with van der Waals surface area (Å²) in [5.74, 6) is -5.39. The van der Waals surface area contributed by atoms with E-state index in [-0.39, 0.29) is 38.6 Å². The topological polar surface area (TPSA) is 222 Å². The SMILES string of the molecule is NC(=O)CCC(NC(=O)C(CCC(=O)O)NC(=O)C(N)Cc1ccccc1)C(=O)N1CCCC1C(=O)O. The number of aliphatic carboxylic acids is 2. The van der Waals surface area contributed by atoms with Gasteiger partial charge in [-0.25, -0.2) is 4.79 Å². The molecule has 1 saturated heterocycles. The Hall–Kier alpha value is -4.00. The van der Waals surface area contributed by atoms with Gasteiger partial charge in [0.2, 0.25) is 23.6 Å². The van der Waals surface area contributed by atoms with E-state index in [0.29, 0.717) is 6.42 Å². The van der Waals surface area contributed by atoms with E-state index >= 15 is 0 Å². The molecule has 4 amide bonds. The van der Waals surface area contributed by atoms with Gasteiger partial charge in [0.05, 0.1) is 6.04 Å². The number of benzene rings is 1. The predicted octanol–water partition coefficient (Wildman–Crippen LogP) is -1.27. The highest BCUT2D eigenvalue weighted by Crippen LogP contribution is 2.20. The van der Waals surface area contributed by atoms with Gasteiger partial charge in [-0.15, -0.1) is 0 Å². The van der Waals surface area contributed by atoms with Crippen LogP contribution < -0.4 is 22.1 Å². The summed E-state index contributed by atoms with van der Waals surface area (Å²) < 4.78 is 0. The molecule has 0 saturated carbocycles. The van der Waals surface area contributed by atoms with Gasteiger partial charge in [-0.05, 0) is 37.7 Å². The zero-order valence-corrected chi connectivity index (χ0v) is 20.3. The van der Waals surface area contributed by atoms with Gasteiger partial charge in [0.25, 0.3) is 0 Å². The van der Waals surface area contributed by atoms with Crippen molar-refractivity contribution in [2.24, 2.45) is 11.5 Å². The molecule has 1 heterocycles. The van der Waals surface area contributed by atoms with Gasteiger partial charge < -0.3 is 37.2 Å². The summed E-state index contributed by atoms with van der Waals surface area (Å²) in [4.78, 5) is 74.1. The van der Waals surface area contributed by atoms with E-state index < -0.39 is 66.2 Å². The van der Waals surface area contributed by atoms with Gasteiger partial charge in [-0.2, -0.15) is 0 Å². The van der Waals surface area contributed by atoms with Crippen molar-refractivity contribution in [2.75, 3.05) is 6.54 Å². The Morgan fingerprint density at radius 1 is 0.946 bits per heavy atom.